The van der Waals surface area contributed by atoms with E-state index in [1.165, 1.54) is 0 Å². The van der Waals surface area contributed by atoms with Crippen molar-refractivity contribution in [2.45, 2.75) is 38.6 Å². The zero-order valence-corrected chi connectivity index (χ0v) is 12.9. The molecule has 106 valence electrons. The van der Waals surface area contributed by atoms with Crippen molar-refractivity contribution in [2.24, 2.45) is 0 Å². The third-order valence-corrected chi connectivity index (χ3v) is 3.93. The van der Waals surface area contributed by atoms with Crippen LogP contribution in [0.3, 0.4) is 0 Å². The standard InChI is InChI=1S/C14H19Cl2NO2/c1-9(10-4-5-12(15)13(16)6-10)17-11-7-18-14(2,3)19-8-11/h4-6,9,11,17H,7-8H2,1-3H3. The molecule has 1 heterocycles. The molecule has 1 aliphatic heterocycles. The fourth-order valence-electron chi connectivity index (χ4n) is 2.02. The first kappa shape index (κ1) is 15.1. The van der Waals surface area contributed by atoms with Gasteiger partial charge in [0.1, 0.15) is 0 Å². The van der Waals surface area contributed by atoms with E-state index in [0.717, 1.165) is 5.56 Å². The maximum Gasteiger partial charge on any atom is 0.162 e. The Labute approximate surface area is 124 Å². The summed E-state index contributed by atoms with van der Waals surface area (Å²) in [7, 11) is 0. The Morgan fingerprint density at radius 1 is 1.21 bits per heavy atom. The van der Waals surface area contributed by atoms with Crippen molar-refractivity contribution in [1.82, 2.24) is 5.32 Å². The highest BCUT2D eigenvalue weighted by Gasteiger charge is 2.28. The van der Waals surface area contributed by atoms with Gasteiger partial charge in [-0.1, -0.05) is 29.3 Å². The molecule has 19 heavy (non-hydrogen) atoms. The number of hydrogen-bond donors (Lipinski definition) is 1. The van der Waals surface area contributed by atoms with Gasteiger partial charge in [0.15, 0.2) is 5.79 Å². The molecule has 0 aliphatic carbocycles. The van der Waals surface area contributed by atoms with Gasteiger partial charge in [0.05, 0.1) is 29.3 Å². The van der Waals surface area contributed by atoms with Crippen molar-refractivity contribution in [1.29, 1.82) is 0 Å². The molecule has 0 amide bonds. The summed E-state index contributed by atoms with van der Waals surface area (Å²) in [5.74, 6) is -0.481. The number of ether oxygens (including phenoxy) is 2. The van der Waals surface area contributed by atoms with Crippen LogP contribution in [0.1, 0.15) is 32.4 Å². The SMILES string of the molecule is CC(NC1COC(C)(C)OC1)c1ccc(Cl)c(Cl)c1. The second-order valence-corrected chi connectivity index (χ2v) is 6.10. The highest BCUT2D eigenvalue weighted by molar-refractivity contribution is 6.42. The molecule has 1 fully saturated rings. The van der Waals surface area contributed by atoms with E-state index in [9.17, 15) is 0 Å². The lowest BCUT2D eigenvalue weighted by atomic mass is 10.1. The highest BCUT2D eigenvalue weighted by Crippen LogP contribution is 2.26. The Bertz CT molecular complexity index is 441. The molecule has 1 unspecified atom stereocenters. The van der Waals surface area contributed by atoms with Gasteiger partial charge in [-0.05, 0) is 38.5 Å². The van der Waals surface area contributed by atoms with Crippen LogP contribution >= 0.6 is 23.2 Å². The number of nitrogens with one attached hydrogen (secondary N) is 1. The Balaban J connectivity index is 1.94. The first-order valence-electron chi connectivity index (χ1n) is 6.36. The van der Waals surface area contributed by atoms with Gasteiger partial charge >= 0.3 is 0 Å². The topological polar surface area (TPSA) is 30.5 Å². The zero-order valence-electron chi connectivity index (χ0n) is 11.4. The predicted octanol–water partition coefficient (Wildman–Crippen LogP) is 3.80. The Kier molecular flexibility index (Phi) is 4.75. The van der Waals surface area contributed by atoms with Crippen LogP contribution < -0.4 is 5.32 Å². The summed E-state index contributed by atoms with van der Waals surface area (Å²) in [4.78, 5) is 0. The van der Waals surface area contributed by atoms with Gasteiger partial charge in [0.25, 0.3) is 0 Å². The predicted molar refractivity (Wildman–Crippen MR) is 77.8 cm³/mol. The molecule has 0 spiro atoms. The fourth-order valence-corrected chi connectivity index (χ4v) is 2.33. The van der Waals surface area contributed by atoms with Crippen molar-refractivity contribution < 1.29 is 9.47 Å². The number of benzene rings is 1. The summed E-state index contributed by atoms with van der Waals surface area (Å²) in [5.41, 5.74) is 1.10. The van der Waals surface area contributed by atoms with Gasteiger partial charge < -0.3 is 14.8 Å². The van der Waals surface area contributed by atoms with Crippen LogP contribution in [0.15, 0.2) is 18.2 Å². The summed E-state index contributed by atoms with van der Waals surface area (Å²) in [6, 6.07) is 6.01. The van der Waals surface area contributed by atoms with Crippen LogP contribution in [0.2, 0.25) is 10.0 Å². The van der Waals surface area contributed by atoms with Gasteiger partial charge in [0, 0.05) is 6.04 Å². The van der Waals surface area contributed by atoms with Gasteiger partial charge in [-0.15, -0.1) is 0 Å². The quantitative estimate of drug-likeness (QED) is 0.921. The van der Waals surface area contributed by atoms with Gasteiger partial charge in [-0.2, -0.15) is 0 Å². The number of hydrogen-bond acceptors (Lipinski definition) is 3. The van der Waals surface area contributed by atoms with E-state index in [0.29, 0.717) is 23.3 Å². The van der Waals surface area contributed by atoms with Crippen molar-refractivity contribution in [3.8, 4) is 0 Å². The summed E-state index contributed by atoms with van der Waals surface area (Å²) in [5, 5.41) is 4.61. The molecule has 0 aromatic heterocycles. The minimum Gasteiger partial charge on any atom is -0.349 e. The number of halogens is 2. The first-order chi connectivity index (χ1) is 8.87. The molecule has 3 nitrogen and oxygen atoms in total. The summed E-state index contributed by atoms with van der Waals surface area (Å²) in [6.07, 6.45) is 0. The molecule has 0 saturated carbocycles. The first-order valence-corrected chi connectivity index (χ1v) is 7.12. The largest absolute Gasteiger partial charge is 0.349 e. The summed E-state index contributed by atoms with van der Waals surface area (Å²) in [6.45, 7) is 7.20. The molecule has 5 heteroatoms. The van der Waals surface area contributed by atoms with Gasteiger partial charge in [-0.25, -0.2) is 0 Å². The molecule has 1 atom stereocenters. The Morgan fingerprint density at radius 2 is 1.84 bits per heavy atom. The van der Waals surface area contributed by atoms with Crippen molar-refractivity contribution >= 4 is 23.2 Å². The molecule has 1 aromatic rings. The summed E-state index contributed by atoms with van der Waals surface area (Å²) >= 11 is 11.9. The van der Waals surface area contributed by atoms with Crippen molar-refractivity contribution in [3.63, 3.8) is 0 Å². The summed E-state index contributed by atoms with van der Waals surface area (Å²) < 4.78 is 11.3. The van der Waals surface area contributed by atoms with Crippen LogP contribution in [0.25, 0.3) is 0 Å². The van der Waals surface area contributed by atoms with Crippen molar-refractivity contribution in [2.75, 3.05) is 13.2 Å². The van der Waals surface area contributed by atoms with E-state index in [4.69, 9.17) is 32.7 Å². The Hall–Kier alpha value is -0.320. The van der Waals surface area contributed by atoms with Crippen LogP contribution in [0.5, 0.6) is 0 Å². The minimum absolute atomic E-state index is 0.160. The number of rotatable bonds is 3. The lowest BCUT2D eigenvalue weighted by molar-refractivity contribution is -0.253. The molecule has 1 saturated heterocycles. The van der Waals surface area contributed by atoms with E-state index in [1.54, 1.807) is 0 Å². The third kappa shape index (κ3) is 4.07. The molecular formula is C14H19Cl2NO2. The smallest absolute Gasteiger partial charge is 0.162 e. The second-order valence-electron chi connectivity index (χ2n) is 5.28. The zero-order chi connectivity index (χ0) is 14.0. The molecular weight excluding hydrogens is 285 g/mol. The molecule has 1 aliphatic rings. The van der Waals surface area contributed by atoms with E-state index >= 15 is 0 Å². The van der Waals surface area contributed by atoms with Crippen molar-refractivity contribution in [3.05, 3.63) is 33.8 Å². The van der Waals surface area contributed by atoms with E-state index in [2.05, 4.69) is 12.2 Å². The van der Waals surface area contributed by atoms with Crippen LogP contribution in [0.4, 0.5) is 0 Å². The van der Waals surface area contributed by atoms with Crippen LogP contribution in [-0.2, 0) is 9.47 Å². The lowest BCUT2D eigenvalue weighted by Crippen LogP contribution is -2.49. The third-order valence-electron chi connectivity index (χ3n) is 3.19. The monoisotopic (exact) mass is 303 g/mol. The average Bonchev–Trinajstić information content (AvgIpc) is 2.35. The Morgan fingerprint density at radius 3 is 2.42 bits per heavy atom. The maximum absolute atomic E-state index is 6.03. The van der Waals surface area contributed by atoms with Gasteiger partial charge in [-0.3, -0.25) is 0 Å². The fraction of sp³-hybridized carbons (Fsp3) is 0.571. The molecule has 1 N–H and O–H groups in total. The molecule has 2 rings (SSSR count). The second kappa shape index (κ2) is 5.98. The van der Waals surface area contributed by atoms with Crippen LogP contribution in [0, 0.1) is 0 Å². The minimum atomic E-state index is -0.481. The highest BCUT2D eigenvalue weighted by atomic mass is 35.5. The van der Waals surface area contributed by atoms with Gasteiger partial charge in [0.2, 0.25) is 0 Å². The van der Waals surface area contributed by atoms with E-state index < -0.39 is 5.79 Å². The maximum atomic E-state index is 6.03. The lowest BCUT2D eigenvalue weighted by Gasteiger charge is -2.36. The normalized spacial score (nSPS) is 21.3. The molecule has 1 aromatic carbocycles. The van der Waals surface area contributed by atoms with E-state index in [1.807, 2.05) is 32.0 Å². The average molecular weight is 304 g/mol. The van der Waals surface area contributed by atoms with Crippen LogP contribution in [-0.4, -0.2) is 25.0 Å². The molecule has 0 bridgehead atoms. The van der Waals surface area contributed by atoms with E-state index in [-0.39, 0.29) is 12.1 Å². The molecule has 0 radical (unpaired) electrons.